The average molecular weight is 704 g/mol. The van der Waals surface area contributed by atoms with Crippen molar-refractivity contribution in [3.8, 4) is 23.0 Å². The van der Waals surface area contributed by atoms with Gasteiger partial charge in [0.15, 0.2) is 17.6 Å². The van der Waals surface area contributed by atoms with E-state index < -0.39 is 6.10 Å². The second-order valence-corrected chi connectivity index (χ2v) is 12.7. The number of rotatable bonds is 16. The SMILES string of the molecule is COc1cc(C2CC(c3cc(CO)c(CO)c(CO)c3)=NO2)cc(OC)c1OCCCCCOc1cc2c(cc1CO)C(=O)N1CCC[C@H]1C=N2. The van der Waals surface area contributed by atoms with E-state index in [0.29, 0.717) is 94.0 Å². The summed E-state index contributed by atoms with van der Waals surface area (Å²) in [6, 6.07) is 10.6. The van der Waals surface area contributed by atoms with E-state index in [1.165, 1.54) is 0 Å². The van der Waals surface area contributed by atoms with Crippen molar-refractivity contribution in [1.29, 1.82) is 0 Å². The number of aliphatic hydroxyl groups is 4. The van der Waals surface area contributed by atoms with Crippen LogP contribution in [-0.2, 0) is 31.3 Å². The summed E-state index contributed by atoms with van der Waals surface area (Å²) in [6.45, 7) is 0.472. The van der Waals surface area contributed by atoms with Gasteiger partial charge in [0.2, 0.25) is 5.75 Å². The van der Waals surface area contributed by atoms with E-state index in [9.17, 15) is 25.2 Å². The summed E-state index contributed by atoms with van der Waals surface area (Å²) >= 11 is 0. The van der Waals surface area contributed by atoms with Gasteiger partial charge in [-0.25, -0.2) is 0 Å². The van der Waals surface area contributed by atoms with Gasteiger partial charge in [0, 0.05) is 41.9 Å². The molecule has 6 rings (SSSR count). The first kappa shape index (κ1) is 36.1. The standard InChI is InChI=1S/C38H45N3O10/c1-47-35-14-24(34-16-31(40-51-34)23-11-25(19-42)30(22-45)26(12-23)20-43)15-36(48-2)37(35)50-10-5-3-4-9-49-33-17-32-29(13-27(33)21-44)38(46)41-8-6-7-28(41)18-39-32/h11-15,17-18,28,34,42-45H,3-10,16,19-22H2,1-2H3/t28-,34?/m0/s1. The molecule has 3 heterocycles. The highest BCUT2D eigenvalue weighted by Gasteiger charge is 2.32. The highest BCUT2D eigenvalue weighted by molar-refractivity contribution is 6.03. The number of fused-ring (bicyclic) bond motifs is 2. The number of aliphatic hydroxyl groups excluding tert-OH is 4. The Hall–Kier alpha value is -4.69. The maximum absolute atomic E-state index is 13.1. The minimum Gasteiger partial charge on any atom is -0.493 e. The number of ether oxygens (including phenoxy) is 4. The number of hydrogen-bond donors (Lipinski definition) is 4. The van der Waals surface area contributed by atoms with Gasteiger partial charge in [-0.2, -0.15) is 0 Å². The third-order valence-corrected chi connectivity index (χ3v) is 9.61. The van der Waals surface area contributed by atoms with E-state index in [1.807, 2.05) is 23.2 Å². The van der Waals surface area contributed by atoms with Crippen LogP contribution in [-0.4, -0.2) is 83.2 Å². The maximum atomic E-state index is 13.1. The largest absolute Gasteiger partial charge is 0.493 e. The van der Waals surface area contributed by atoms with E-state index in [0.717, 1.165) is 37.7 Å². The number of nitrogens with zero attached hydrogens (tertiary/aromatic N) is 3. The molecule has 1 saturated heterocycles. The summed E-state index contributed by atoms with van der Waals surface area (Å²) in [6.07, 6.45) is 6.02. The molecule has 1 unspecified atom stereocenters. The molecule has 3 aromatic rings. The molecule has 0 aliphatic carbocycles. The van der Waals surface area contributed by atoms with Crippen LogP contribution in [0.1, 0.15) is 88.4 Å². The van der Waals surface area contributed by atoms with Crippen LogP contribution in [0.5, 0.6) is 23.0 Å². The van der Waals surface area contributed by atoms with Crippen LogP contribution < -0.4 is 18.9 Å². The van der Waals surface area contributed by atoms with Crippen molar-refractivity contribution in [3.63, 3.8) is 0 Å². The van der Waals surface area contributed by atoms with Crippen LogP contribution in [0.15, 0.2) is 46.5 Å². The first-order chi connectivity index (χ1) is 24.9. The molecule has 1 fully saturated rings. The minimum absolute atomic E-state index is 0.0171. The quantitative estimate of drug-likeness (QED) is 0.156. The smallest absolute Gasteiger partial charge is 0.256 e. The molecule has 0 radical (unpaired) electrons. The van der Waals surface area contributed by atoms with E-state index in [-0.39, 0.29) is 38.4 Å². The van der Waals surface area contributed by atoms with Gasteiger partial charge in [0.05, 0.1) is 76.9 Å². The fourth-order valence-electron chi connectivity index (χ4n) is 6.81. The summed E-state index contributed by atoms with van der Waals surface area (Å²) in [5, 5.41) is 43.6. The zero-order valence-corrected chi connectivity index (χ0v) is 29.0. The topological polar surface area (TPSA) is 172 Å². The molecule has 51 heavy (non-hydrogen) atoms. The molecule has 1 amide bonds. The lowest BCUT2D eigenvalue weighted by Gasteiger charge is -2.20. The van der Waals surface area contributed by atoms with Crippen molar-refractivity contribution < 1.29 is 49.0 Å². The number of oxime groups is 1. The van der Waals surface area contributed by atoms with Gasteiger partial charge >= 0.3 is 0 Å². The number of unbranched alkanes of at least 4 members (excludes halogenated alkanes) is 2. The molecule has 3 aliphatic rings. The monoisotopic (exact) mass is 703 g/mol. The Morgan fingerprint density at radius 2 is 1.51 bits per heavy atom. The van der Waals surface area contributed by atoms with E-state index in [2.05, 4.69) is 10.1 Å². The summed E-state index contributed by atoms with van der Waals surface area (Å²) in [5.74, 6) is 1.93. The normalized spacial score (nSPS) is 17.8. The van der Waals surface area contributed by atoms with Crippen LogP contribution in [0.2, 0.25) is 0 Å². The molecule has 0 aromatic heterocycles. The van der Waals surface area contributed by atoms with Gasteiger partial charge in [-0.3, -0.25) is 9.79 Å². The number of carbonyl (C=O) groups is 1. The molecule has 4 N–H and O–H groups in total. The number of carbonyl (C=O) groups excluding carboxylic acids is 1. The van der Waals surface area contributed by atoms with E-state index in [4.69, 9.17) is 23.8 Å². The lowest BCUT2D eigenvalue weighted by Crippen LogP contribution is -2.35. The van der Waals surface area contributed by atoms with Gasteiger partial charge < -0.3 is 49.1 Å². The molecule has 13 nitrogen and oxygen atoms in total. The molecular weight excluding hydrogens is 658 g/mol. The predicted molar refractivity (Wildman–Crippen MR) is 188 cm³/mol. The zero-order valence-electron chi connectivity index (χ0n) is 29.0. The first-order valence-electron chi connectivity index (χ1n) is 17.3. The zero-order chi connectivity index (χ0) is 35.9. The average Bonchev–Trinajstić information content (AvgIpc) is 3.84. The second-order valence-electron chi connectivity index (χ2n) is 12.7. The summed E-state index contributed by atoms with van der Waals surface area (Å²) < 4.78 is 23.5. The van der Waals surface area contributed by atoms with Crippen LogP contribution >= 0.6 is 0 Å². The van der Waals surface area contributed by atoms with Crippen molar-refractivity contribution >= 4 is 23.5 Å². The van der Waals surface area contributed by atoms with Crippen LogP contribution in [0.25, 0.3) is 0 Å². The lowest BCUT2D eigenvalue weighted by molar-refractivity contribution is 0.0774. The molecule has 3 aromatic carbocycles. The first-order valence-corrected chi connectivity index (χ1v) is 17.3. The lowest BCUT2D eigenvalue weighted by atomic mass is 9.93. The number of aliphatic imine (C=N–C) groups is 1. The van der Waals surface area contributed by atoms with Crippen molar-refractivity contribution in [2.24, 2.45) is 10.1 Å². The van der Waals surface area contributed by atoms with Gasteiger partial charge in [-0.05, 0) is 79.1 Å². The van der Waals surface area contributed by atoms with Gasteiger partial charge in [0.25, 0.3) is 5.91 Å². The summed E-state index contributed by atoms with van der Waals surface area (Å²) in [7, 11) is 3.12. The highest BCUT2D eigenvalue weighted by Crippen LogP contribution is 2.43. The fourth-order valence-corrected chi connectivity index (χ4v) is 6.81. The molecule has 0 saturated carbocycles. The Labute approximate surface area is 296 Å². The summed E-state index contributed by atoms with van der Waals surface area (Å²) in [5.41, 5.74) is 5.31. The minimum atomic E-state index is -0.430. The highest BCUT2D eigenvalue weighted by atomic mass is 16.6. The third kappa shape index (κ3) is 7.66. The fraction of sp³-hybridized carbons (Fsp3) is 0.447. The molecule has 272 valence electrons. The van der Waals surface area contributed by atoms with Crippen LogP contribution in [0.3, 0.4) is 0 Å². The predicted octanol–water partition coefficient (Wildman–Crippen LogP) is 4.49. The van der Waals surface area contributed by atoms with Crippen molar-refractivity contribution in [2.45, 2.75) is 77.1 Å². The Morgan fingerprint density at radius 1 is 0.824 bits per heavy atom. The van der Waals surface area contributed by atoms with Crippen LogP contribution in [0, 0.1) is 0 Å². The Kier molecular flexibility index (Phi) is 11.7. The van der Waals surface area contributed by atoms with E-state index >= 15 is 0 Å². The third-order valence-electron chi connectivity index (χ3n) is 9.61. The van der Waals surface area contributed by atoms with Gasteiger partial charge in [-0.1, -0.05) is 5.16 Å². The number of methoxy groups -OCH3 is 2. The molecule has 13 heteroatoms. The van der Waals surface area contributed by atoms with Crippen molar-refractivity contribution in [3.05, 3.63) is 75.3 Å². The summed E-state index contributed by atoms with van der Waals surface area (Å²) in [4.78, 5) is 25.3. The number of amides is 1. The van der Waals surface area contributed by atoms with Crippen molar-refractivity contribution in [1.82, 2.24) is 4.90 Å². The van der Waals surface area contributed by atoms with Crippen LogP contribution in [0.4, 0.5) is 5.69 Å². The van der Waals surface area contributed by atoms with Gasteiger partial charge in [-0.15, -0.1) is 0 Å². The molecule has 0 bridgehead atoms. The maximum Gasteiger partial charge on any atom is 0.256 e. The molecular formula is C38H45N3O10. The molecule has 0 spiro atoms. The van der Waals surface area contributed by atoms with Crippen molar-refractivity contribution in [2.75, 3.05) is 34.0 Å². The number of benzene rings is 3. The second kappa shape index (κ2) is 16.6. The molecule has 3 aliphatic heterocycles. The van der Waals surface area contributed by atoms with E-state index in [1.54, 1.807) is 38.5 Å². The Balaban J connectivity index is 1.02. The van der Waals surface area contributed by atoms with Gasteiger partial charge in [0.1, 0.15) is 5.75 Å². The number of hydrogen-bond acceptors (Lipinski definition) is 12. The Morgan fingerprint density at radius 3 is 2.16 bits per heavy atom. The molecule has 2 atom stereocenters. The Bertz CT molecular complexity index is 1740.